The van der Waals surface area contributed by atoms with Crippen molar-refractivity contribution in [2.75, 3.05) is 5.73 Å². The minimum Gasteiger partial charge on any atom is -0.457 e. The van der Waals surface area contributed by atoms with Crippen LogP contribution in [0.2, 0.25) is 10.0 Å². The summed E-state index contributed by atoms with van der Waals surface area (Å²) >= 11 is 11.6. The molecule has 0 spiro atoms. The number of anilines is 1. The molecule has 3 rings (SSSR count). The van der Waals surface area contributed by atoms with Crippen LogP contribution in [0.3, 0.4) is 0 Å². The summed E-state index contributed by atoms with van der Waals surface area (Å²) in [6.45, 7) is 0. The van der Waals surface area contributed by atoms with Crippen molar-refractivity contribution in [1.29, 1.82) is 0 Å². The number of halogens is 5. The molecule has 0 saturated carbocycles. The molecule has 0 amide bonds. The quantitative estimate of drug-likeness (QED) is 0.460. The largest absolute Gasteiger partial charge is 0.457 e. The summed E-state index contributed by atoms with van der Waals surface area (Å²) in [6, 6.07) is 14.1. The monoisotopic (exact) mass is 413 g/mol. The van der Waals surface area contributed by atoms with E-state index < -0.39 is 17.5 Å². The number of benzene rings is 3. The van der Waals surface area contributed by atoms with Gasteiger partial charge in [-0.1, -0.05) is 23.2 Å². The molecule has 27 heavy (non-hydrogen) atoms. The van der Waals surface area contributed by atoms with Crippen molar-refractivity contribution in [1.82, 2.24) is 0 Å². The fourth-order valence-corrected chi connectivity index (χ4v) is 2.48. The SMILES string of the molecule is Nc1cc(C(F)(F)F)c(Oc2ccc(Cl)cc2)cc1Oc1ccc(Cl)cc1. The number of ether oxygens (including phenoxy) is 2. The Labute approximate surface area is 163 Å². The van der Waals surface area contributed by atoms with Gasteiger partial charge in [0.05, 0.1) is 5.69 Å². The van der Waals surface area contributed by atoms with Gasteiger partial charge < -0.3 is 15.2 Å². The summed E-state index contributed by atoms with van der Waals surface area (Å²) in [5.74, 6) is 0.132. The second-order valence-corrected chi connectivity index (χ2v) is 6.37. The molecule has 0 atom stereocenters. The molecule has 2 N–H and O–H groups in total. The van der Waals surface area contributed by atoms with E-state index in [4.69, 9.17) is 38.4 Å². The molecule has 0 aliphatic carbocycles. The molecular weight excluding hydrogens is 402 g/mol. The van der Waals surface area contributed by atoms with Gasteiger partial charge in [0.1, 0.15) is 22.8 Å². The predicted molar refractivity (Wildman–Crippen MR) is 98.9 cm³/mol. The van der Waals surface area contributed by atoms with E-state index in [1.165, 1.54) is 24.3 Å². The molecule has 3 aromatic rings. The average molecular weight is 414 g/mol. The van der Waals surface area contributed by atoms with Gasteiger partial charge in [0.25, 0.3) is 0 Å². The summed E-state index contributed by atoms with van der Waals surface area (Å²) in [7, 11) is 0. The number of hydrogen-bond donors (Lipinski definition) is 1. The maximum atomic E-state index is 13.4. The van der Waals surface area contributed by atoms with Crippen LogP contribution in [0.25, 0.3) is 0 Å². The third-order valence-corrected chi connectivity index (χ3v) is 4.00. The van der Waals surface area contributed by atoms with E-state index >= 15 is 0 Å². The van der Waals surface area contributed by atoms with Crippen LogP contribution in [-0.4, -0.2) is 0 Å². The topological polar surface area (TPSA) is 44.5 Å². The predicted octanol–water partition coefficient (Wildman–Crippen LogP) is 7.18. The lowest BCUT2D eigenvalue weighted by molar-refractivity contribution is -0.138. The van der Waals surface area contributed by atoms with Crippen molar-refractivity contribution in [3.8, 4) is 23.0 Å². The van der Waals surface area contributed by atoms with Crippen LogP contribution in [0, 0.1) is 0 Å². The van der Waals surface area contributed by atoms with Crippen LogP contribution in [-0.2, 0) is 6.18 Å². The first-order valence-electron chi connectivity index (χ1n) is 7.60. The Kier molecular flexibility index (Phi) is 5.39. The molecular formula is C19H12Cl2F3NO2. The van der Waals surface area contributed by atoms with Gasteiger partial charge in [0.2, 0.25) is 0 Å². The molecule has 0 fully saturated rings. The van der Waals surface area contributed by atoms with Gasteiger partial charge in [-0.05, 0) is 54.6 Å². The highest BCUT2D eigenvalue weighted by atomic mass is 35.5. The Hall–Kier alpha value is -2.57. The van der Waals surface area contributed by atoms with E-state index in [1.54, 1.807) is 24.3 Å². The van der Waals surface area contributed by atoms with E-state index in [-0.39, 0.29) is 17.2 Å². The van der Waals surface area contributed by atoms with E-state index in [1.807, 2.05) is 0 Å². The fourth-order valence-electron chi connectivity index (χ4n) is 2.23. The molecule has 0 unspecified atom stereocenters. The number of nitrogen functional groups attached to an aromatic ring is 1. The maximum Gasteiger partial charge on any atom is 0.420 e. The Morgan fingerprint density at radius 2 is 1.15 bits per heavy atom. The normalized spacial score (nSPS) is 11.3. The third-order valence-electron chi connectivity index (χ3n) is 3.50. The zero-order valence-electron chi connectivity index (χ0n) is 13.6. The molecule has 0 radical (unpaired) electrons. The van der Waals surface area contributed by atoms with Crippen molar-refractivity contribution >= 4 is 28.9 Å². The summed E-state index contributed by atoms with van der Waals surface area (Å²) in [5, 5.41) is 0.928. The van der Waals surface area contributed by atoms with E-state index in [9.17, 15) is 13.2 Å². The lowest BCUT2D eigenvalue weighted by Crippen LogP contribution is -2.09. The van der Waals surface area contributed by atoms with Gasteiger partial charge in [0.15, 0.2) is 5.75 Å². The fraction of sp³-hybridized carbons (Fsp3) is 0.0526. The van der Waals surface area contributed by atoms with Crippen LogP contribution >= 0.6 is 23.2 Å². The Bertz CT molecular complexity index is 943. The molecule has 3 nitrogen and oxygen atoms in total. The van der Waals surface area contributed by atoms with Crippen molar-refractivity contribution in [3.63, 3.8) is 0 Å². The molecule has 8 heteroatoms. The van der Waals surface area contributed by atoms with Crippen LogP contribution in [0.15, 0.2) is 60.7 Å². The molecule has 0 aliphatic heterocycles. The molecule has 0 saturated heterocycles. The molecule has 0 aliphatic rings. The van der Waals surface area contributed by atoms with Crippen LogP contribution in [0.1, 0.15) is 5.56 Å². The number of hydrogen-bond acceptors (Lipinski definition) is 3. The van der Waals surface area contributed by atoms with Crippen molar-refractivity contribution in [2.45, 2.75) is 6.18 Å². The Morgan fingerprint density at radius 1 is 0.704 bits per heavy atom. The first kappa shape index (κ1) is 19.2. The van der Waals surface area contributed by atoms with Crippen LogP contribution in [0.4, 0.5) is 18.9 Å². The Balaban J connectivity index is 2.00. The second-order valence-electron chi connectivity index (χ2n) is 5.50. The molecule has 3 aromatic carbocycles. The van der Waals surface area contributed by atoms with Crippen LogP contribution < -0.4 is 15.2 Å². The molecule has 0 bridgehead atoms. The maximum absolute atomic E-state index is 13.4. The minimum atomic E-state index is -4.66. The standard InChI is InChI=1S/C19H12Cl2F3NO2/c20-11-1-5-13(6-2-11)26-17-10-18(16(25)9-15(17)19(22,23)24)27-14-7-3-12(21)4-8-14/h1-10H,25H2. The minimum absolute atomic E-state index is 0.0225. The summed E-state index contributed by atoms with van der Waals surface area (Å²) in [6.07, 6.45) is -4.66. The smallest absolute Gasteiger partial charge is 0.420 e. The van der Waals surface area contributed by atoms with Gasteiger partial charge in [0, 0.05) is 16.1 Å². The van der Waals surface area contributed by atoms with Crippen molar-refractivity contribution < 1.29 is 22.6 Å². The highest BCUT2D eigenvalue weighted by Gasteiger charge is 2.36. The highest BCUT2D eigenvalue weighted by Crippen LogP contribution is 2.43. The summed E-state index contributed by atoms with van der Waals surface area (Å²) in [5.41, 5.74) is 4.56. The average Bonchev–Trinajstić information content (AvgIpc) is 2.60. The Morgan fingerprint density at radius 3 is 1.59 bits per heavy atom. The highest BCUT2D eigenvalue weighted by molar-refractivity contribution is 6.30. The van der Waals surface area contributed by atoms with E-state index in [0.717, 1.165) is 12.1 Å². The van der Waals surface area contributed by atoms with Gasteiger partial charge in [-0.3, -0.25) is 0 Å². The number of rotatable bonds is 4. The molecule has 0 heterocycles. The first-order chi connectivity index (χ1) is 12.7. The zero-order valence-corrected chi connectivity index (χ0v) is 15.1. The molecule has 140 valence electrons. The van der Waals surface area contributed by atoms with Crippen molar-refractivity contribution in [2.24, 2.45) is 0 Å². The lowest BCUT2D eigenvalue weighted by Gasteiger charge is -2.17. The van der Waals surface area contributed by atoms with Gasteiger partial charge in [-0.2, -0.15) is 13.2 Å². The lowest BCUT2D eigenvalue weighted by atomic mass is 10.1. The zero-order chi connectivity index (χ0) is 19.6. The van der Waals surface area contributed by atoms with Crippen molar-refractivity contribution in [3.05, 3.63) is 76.3 Å². The summed E-state index contributed by atoms with van der Waals surface area (Å²) < 4.78 is 51.1. The van der Waals surface area contributed by atoms with Gasteiger partial charge in [-0.25, -0.2) is 0 Å². The van der Waals surface area contributed by atoms with Gasteiger partial charge in [-0.15, -0.1) is 0 Å². The summed E-state index contributed by atoms with van der Waals surface area (Å²) in [4.78, 5) is 0. The van der Waals surface area contributed by atoms with Crippen LogP contribution in [0.5, 0.6) is 23.0 Å². The van der Waals surface area contributed by atoms with Gasteiger partial charge >= 0.3 is 6.18 Å². The second kappa shape index (κ2) is 7.58. The number of alkyl halides is 3. The van der Waals surface area contributed by atoms with E-state index in [0.29, 0.717) is 15.8 Å². The first-order valence-corrected chi connectivity index (χ1v) is 8.35. The molecule has 0 aromatic heterocycles. The number of nitrogens with two attached hydrogens (primary N) is 1. The van der Waals surface area contributed by atoms with E-state index in [2.05, 4.69) is 0 Å². The third kappa shape index (κ3) is 4.78.